The van der Waals surface area contributed by atoms with Gasteiger partial charge >= 0.3 is 5.97 Å². The first-order valence-electron chi connectivity index (χ1n) is 5.14. The lowest BCUT2D eigenvalue weighted by molar-refractivity contribution is -0.139. The van der Waals surface area contributed by atoms with E-state index >= 15 is 0 Å². The smallest absolute Gasteiger partial charge is 0.310 e. The van der Waals surface area contributed by atoms with Crippen molar-refractivity contribution in [3.8, 4) is 5.75 Å². The number of halogens is 2. The monoisotopic (exact) mass is 260 g/mol. The second-order valence-corrected chi connectivity index (χ2v) is 3.43. The highest BCUT2D eigenvalue weighted by molar-refractivity contribution is 5.74. The van der Waals surface area contributed by atoms with Gasteiger partial charge in [-0.2, -0.15) is 0 Å². The molecule has 1 rings (SSSR count). The number of hydrogen-bond donors (Lipinski definition) is 1. The third-order valence-corrected chi connectivity index (χ3v) is 2.43. The minimum atomic E-state index is -2.75. The van der Waals surface area contributed by atoms with Gasteiger partial charge in [0, 0.05) is 23.9 Å². The number of hydrogen-bond acceptors (Lipinski definition) is 5. The summed E-state index contributed by atoms with van der Waals surface area (Å²) in [6.45, 7) is 0.0286. The van der Waals surface area contributed by atoms with Gasteiger partial charge in [-0.3, -0.25) is 9.78 Å². The molecule has 0 atom stereocenters. The third kappa shape index (κ3) is 2.92. The number of ether oxygens (including phenoxy) is 2. The molecule has 0 amide bonds. The Kier molecular flexibility index (Phi) is 4.96. The van der Waals surface area contributed by atoms with Crippen LogP contribution in [-0.4, -0.2) is 25.2 Å². The first kappa shape index (κ1) is 14.3. The Morgan fingerprint density at radius 2 is 2.17 bits per heavy atom. The Morgan fingerprint density at radius 1 is 1.50 bits per heavy atom. The van der Waals surface area contributed by atoms with Gasteiger partial charge in [-0.05, 0) is 0 Å². The van der Waals surface area contributed by atoms with E-state index in [1.807, 2.05) is 0 Å². The Balaban J connectivity index is 3.33. The fourth-order valence-corrected chi connectivity index (χ4v) is 1.56. The van der Waals surface area contributed by atoms with Crippen LogP contribution < -0.4 is 10.5 Å². The average molecular weight is 260 g/mol. The van der Waals surface area contributed by atoms with Gasteiger partial charge in [0.1, 0.15) is 5.75 Å². The number of rotatable bonds is 5. The van der Waals surface area contributed by atoms with Crippen LogP contribution >= 0.6 is 0 Å². The zero-order valence-corrected chi connectivity index (χ0v) is 10.1. The molecule has 1 aromatic rings. The first-order valence-corrected chi connectivity index (χ1v) is 5.14. The van der Waals surface area contributed by atoms with Crippen molar-refractivity contribution in [2.75, 3.05) is 14.2 Å². The number of nitrogens with zero attached hydrogens (tertiary/aromatic N) is 1. The van der Waals surface area contributed by atoms with Crippen LogP contribution in [0.15, 0.2) is 6.20 Å². The maximum absolute atomic E-state index is 12.9. The van der Waals surface area contributed by atoms with Gasteiger partial charge in [0.2, 0.25) is 0 Å². The SMILES string of the molecule is COC(=O)Cc1c(C(F)F)cnc(CN)c1OC. The topological polar surface area (TPSA) is 74.4 Å². The molecular formula is C11H14F2N2O3. The summed E-state index contributed by atoms with van der Waals surface area (Å²) in [5.74, 6) is -0.523. The maximum atomic E-state index is 12.9. The molecule has 1 aromatic heterocycles. The van der Waals surface area contributed by atoms with Crippen molar-refractivity contribution in [2.45, 2.75) is 19.4 Å². The molecule has 100 valence electrons. The summed E-state index contributed by atoms with van der Waals surface area (Å²) in [5.41, 5.74) is 5.47. The maximum Gasteiger partial charge on any atom is 0.310 e. The van der Waals surface area contributed by atoms with E-state index in [2.05, 4.69) is 9.72 Å². The van der Waals surface area contributed by atoms with E-state index in [4.69, 9.17) is 10.5 Å². The molecule has 0 bridgehead atoms. The van der Waals surface area contributed by atoms with E-state index in [0.29, 0.717) is 5.69 Å². The van der Waals surface area contributed by atoms with E-state index < -0.39 is 12.4 Å². The number of nitrogens with two attached hydrogens (primary N) is 1. The van der Waals surface area contributed by atoms with Crippen molar-refractivity contribution >= 4 is 5.97 Å². The molecule has 0 fully saturated rings. The molecular weight excluding hydrogens is 246 g/mol. The molecule has 0 aromatic carbocycles. The Hall–Kier alpha value is -1.76. The molecule has 0 saturated carbocycles. The molecule has 0 aliphatic rings. The third-order valence-electron chi connectivity index (χ3n) is 2.43. The predicted octanol–water partition coefficient (Wildman–Crippen LogP) is 1.20. The zero-order valence-electron chi connectivity index (χ0n) is 10.1. The van der Waals surface area contributed by atoms with E-state index in [1.54, 1.807) is 0 Å². The van der Waals surface area contributed by atoms with E-state index in [-0.39, 0.29) is 29.8 Å². The van der Waals surface area contributed by atoms with Gasteiger partial charge in [0.25, 0.3) is 6.43 Å². The van der Waals surface area contributed by atoms with E-state index in [9.17, 15) is 13.6 Å². The summed E-state index contributed by atoms with van der Waals surface area (Å²) in [5, 5.41) is 0. The van der Waals surface area contributed by atoms with Crippen molar-refractivity contribution < 1.29 is 23.0 Å². The molecule has 5 nitrogen and oxygen atoms in total. The predicted molar refractivity (Wildman–Crippen MR) is 59.4 cm³/mol. The Bertz CT molecular complexity index is 439. The first-order chi connectivity index (χ1) is 8.54. The summed E-state index contributed by atoms with van der Waals surface area (Å²) in [6, 6.07) is 0. The molecule has 0 aliphatic heterocycles. The van der Waals surface area contributed by atoms with Crippen molar-refractivity contribution in [2.24, 2.45) is 5.73 Å². The van der Waals surface area contributed by atoms with E-state index in [0.717, 1.165) is 6.20 Å². The Labute approximate surface area is 103 Å². The minimum absolute atomic E-state index is 0.0286. The molecule has 0 unspecified atom stereocenters. The largest absolute Gasteiger partial charge is 0.494 e. The van der Waals surface area contributed by atoms with Crippen molar-refractivity contribution in [1.29, 1.82) is 0 Å². The van der Waals surface area contributed by atoms with Crippen LogP contribution in [0.1, 0.15) is 23.2 Å². The average Bonchev–Trinajstić information content (AvgIpc) is 2.37. The highest BCUT2D eigenvalue weighted by atomic mass is 19.3. The van der Waals surface area contributed by atoms with Crippen LogP contribution in [0.25, 0.3) is 0 Å². The fraction of sp³-hybridized carbons (Fsp3) is 0.455. The summed E-state index contributed by atoms with van der Waals surface area (Å²) in [4.78, 5) is 15.1. The van der Waals surface area contributed by atoms with Crippen molar-refractivity contribution in [1.82, 2.24) is 4.98 Å². The molecule has 7 heteroatoms. The van der Waals surface area contributed by atoms with Gasteiger partial charge in [0.05, 0.1) is 26.3 Å². The lowest BCUT2D eigenvalue weighted by Gasteiger charge is -2.15. The van der Waals surface area contributed by atoms with Crippen LogP contribution in [0.3, 0.4) is 0 Å². The van der Waals surface area contributed by atoms with Crippen LogP contribution in [0.5, 0.6) is 5.75 Å². The van der Waals surface area contributed by atoms with Crippen LogP contribution in [0.2, 0.25) is 0 Å². The number of esters is 1. The lowest BCUT2D eigenvalue weighted by Crippen LogP contribution is -2.13. The number of pyridine rings is 1. The number of carbonyl (C=O) groups excluding carboxylic acids is 1. The molecule has 18 heavy (non-hydrogen) atoms. The molecule has 0 spiro atoms. The Morgan fingerprint density at radius 3 is 2.61 bits per heavy atom. The number of carbonyl (C=O) groups is 1. The van der Waals surface area contributed by atoms with Gasteiger partial charge in [-0.1, -0.05) is 0 Å². The standard InChI is InChI=1S/C11H14F2N2O3/c1-17-9(16)3-6-7(11(12)13)5-15-8(4-14)10(6)18-2/h5,11H,3-4,14H2,1-2H3. The number of alkyl halides is 2. The van der Waals surface area contributed by atoms with Gasteiger partial charge in [0.15, 0.2) is 0 Å². The fourth-order valence-electron chi connectivity index (χ4n) is 1.56. The molecule has 0 saturated heterocycles. The number of aromatic nitrogens is 1. The van der Waals surface area contributed by atoms with Gasteiger partial charge in [-0.15, -0.1) is 0 Å². The highest BCUT2D eigenvalue weighted by Crippen LogP contribution is 2.31. The molecule has 2 N–H and O–H groups in total. The quantitative estimate of drug-likeness (QED) is 0.805. The molecule has 1 heterocycles. The van der Waals surface area contributed by atoms with Gasteiger partial charge < -0.3 is 15.2 Å². The van der Waals surface area contributed by atoms with Crippen molar-refractivity contribution in [3.63, 3.8) is 0 Å². The normalized spacial score (nSPS) is 10.6. The molecule has 0 aliphatic carbocycles. The summed E-state index contributed by atoms with van der Waals surface area (Å²) >= 11 is 0. The summed E-state index contributed by atoms with van der Waals surface area (Å²) in [6.07, 6.45) is -2.06. The van der Waals surface area contributed by atoms with Crippen LogP contribution in [0, 0.1) is 0 Å². The van der Waals surface area contributed by atoms with Gasteiger partial charge in [-0.25, -0.2) is 8.78 Å². The minimum Gasteiger partial charge on any atom is -0.494 e. The van der Waals surface area contributed by atoms with E-state index in [1.165, 1.54) is 14.2 Å². The highest BCUT2D eigenvalue weighted by Gasteiger charge is 2.22. The second-order valence-electron chi connectivity index (χ2n) is 3.43. The summed E-state index contributed by atoms with van der Waals surface area (Å²) in [7, 11) is 2.49. The van der Waals surface area contributed by atoms with Crippen LogP contribution in [0.4, 0.5) is 8.78 Å². The summed E-state index contributed by atoms with van der Waals surface area (Å²) < 4.78 is 35.2. The lowest BCUT2D eigenvalue weighted by atomic mass is 10.0. The van der Waals surface area contributed by atoms with Crippen molar-refractivity contribution in [3.05, 3.63) is 23.0 Å². The number of methoxy groups -OCH3 is 2. The second kappa shape index (κ2) is 6.25. The molecule has 0 radical (unpaired) electrons. The zero-order chi connectivity index (χ0) is 13.7. The van der Waals surface area contributed by atoms with Crippen LogP contribution in [-0.2, 0) is 22.5 Å².